The van der Waals surface area contributed by atoms with Crippen molar-refractivity contribution in [1.82, 2.24) is 10.2 Å². The average Bonchev–Trinajstić information content (AvgIpc) is 2.87. The number of nitrogens with one attached hydrogen (secondary N) is 1. The number of amides is 2. The molecule has 1 fully saturated rings. The summed E-state index contributed by atoms with van der Waals surface area (Å²) in [6, 6.07) is 12.0. The molecular weight excluding hydrogens is 487 g/mol. The fraction of sp³-hybridized carbons (Fsp3) is 0.481. The Balaban J connectivity index is 1.91. The Hall–Kier alpha value is -2.44. The van der Waals surface area contributed by atoms with Crippen molar-refractivity contribution in [2.45, 2.75) is 51.1 Å². The van der Waals surface area contributed by atoms with Gasteiger partial charge in [0.05, 0.1) is 14.2 Å². The molecule has 1 aliphatic rings. The molecule has 0 saturated heterocycles. The van der Waals surface area contributed by atoms with E-state index in [9.17, 15) is 9.59 Å². The number of halogens is 2. The molecule has 0 aromatic heterocycles. The molecule has 0 bridgehead atoms. The summed E-state index contributed by atoms with van der Waals surface area (Å²) in [5.41, 5.74) is 1.52. The number of rotatable bonds is 10. The SMILES string of the molecule is COc1ccc(CCN(C(=O)CCl)[C@H](C(=O)N[C@@H]2CCCC[C@H]2C)c2ccccc2Cl)cc1OC. The van der Waals surface area contributed by atoms with E-state index in [1.165, 1.54) is 11.3 Å². The summed E-state index contributed by atoms with van der Waals surface area (Å²) in [7, 11) is 3.16. The quantitative estimate of drug-likeness (QED) is 0.425. The average molecular weight is 521 g/mol. The molecule has 1 aliphatic carbocycles. The summed E-state index contributed by atoms with van der Waals surface area (Å²) in [4.78, 5) is 28.3. The van der Waals surface area contributed by atoms with Crippen LogP contribution in [0.25, 0.3) is 0 Å². The van der Waals surface area contributed by atoms with Gasteiger partial charge in [0, 0.05) is 23.2 Å². The Bertz CT molecular complexity index is 1020. The van der Waals surface area contributed by atoms with Crippen molar-refractivity contribution in [3.8, 4) is 11.5 Å². The third-order valence-corrected chi connectivity index (χ3v) is 7.30. The van der Waals surface area contributed by atoms with Crippen molar-refractivity contribution in [2.24, 2.45) is 5.92 Å². The first kappa shape index (κ1) is 27.2. The van der Waals surface area contributed by atoms with E-state index >= 15 is 0 Å². The number of ether oxygens (including phenoxy) is 2. The van der Waals surface area contributed by atoms with Crippen LogP contribution in [0, 0.1) is 5.92 Å². The second-order valence-corrected chi connectivity index (χ2v) is 9.64. The number of hydrogen-bond donors (Lipinski definition) is 1. The number of carbonyl (C=O) groups is 2. The summed E-state index contributed by atoms with van der Waals surface area (Å²) < 4.78 is 10.7. The van der Waals surface area contributed by atoms with E-state index in [0.29, 0.717) is 34.4 Å². The first-order valence-corrected chi connectivity index (χ1v) is 12.9. The van der Waals surface area contributed by atoms with Gasteiger partial charge in [0.1, 0.15) is 11.9 Å². The molecule has 0 radical (unpaired) electrons. The second-order valence-electron chi connectivity index (χ2n) is 8.96. The van der Waals surface area contributed by atoms with Gasteiger partial charge in [-0.3, -0.25) is 9.59 Å². The van der Waals surface area contributed by atoms with Gasteiger partial charge in [0.15, 0.2) is 11.5 Å². The van der Waals surface area contributed by atoms with Crippen molar-refractivity contribution in [3.63, 3.8) is 0 Å². The zero-order chi connectivity index (χ0) is 25.4. The zero-order valence-electron chi connectivity index (χ0n) is 20.6. The second kappa shape index (κ2) is 13.0. The van der Waals surface area contributed by atoms with E-state index in [2.05, 4.69) is 12.2 Å². The van der Waals surface area contributed by atoms with Crippen LogP contribution in [0.5, 0.6) is 11.5 Å². The van der Waals surface area contributed by atoms with Gasteiger partial charge < -0.3 is 19.7 Å². The minimum atomic E-state index is -0.885. The van der Waals surface area contributed by atoms with Crippen LogP contribution in [-0.2, 0) is 16.0 Å². The highest BCUT2D eigenvalue weighted by atomic mass is 35.5. The summed E-state index contributed by atoms with van der Waals surface area (Å²) in [5.74, 6) is 0.807. The lowest BCUT2D eigenvalue weighted by molar-refractivity contribution is -0.139. The maximum Gasteiger partial charge on any atom is 0.247 e. The maximum atomic E-state index is 13.7. The number of nitrogens with zero attached hydrogens (tertiary/aromatic N) is 1. The first-order chi connectivity index (χ1) is 16.9. The fourth-order valence-electron chi connectivity index (χ4n) is 4.70. The standard InChI is InChI=1S/C27H34Cl2N2O4/c1-18-8-4-7-11-22(18)30-27(33)26(20-9-5-6-10-21(20)29)31(25(32)17-28)15-14-19-12-13-23(34-2)24(16-19)35-3/h5-6,9-10,12-13,16,18,22,26H,4,7-8,11,14-15,17H2,1-3H3,(H,30,33)/t18-,22-,26+/m1/s1. The monoisotopic (exact) mass is 520 g/mol. The minimum absolute atomic E-state index is 0.0695. The van der Waals surface area contributed by atoms with Crippen LogP contribution in [0.1, 0.15) is 49.8 Å². The number of methoxy groups -OCH3 is 2. The van der Waals surface area contributed by atoms with Gasteiger partial charge in [-0.05, 0) is 48.9 Å². The van der Waals surface area contributed by atoms with Crippen LogP contribution in [-0.4, -0.2) is 49.4 Å². The van der Waals surface area contributed by atoms with Gasteiger partial charge in [-0.15, -0.1) is 11.6 Å². The van der Waals surface area contributed by atoms with Crippen LogP contribution in [0.4, 0.5) is 0 Å². The fourth-order valence-corrected chi connectivity index (χ4v) is 5.09. The molecule has 8 heteroatoms. The molecule has 0 aliphatic heterocycles. The zero-order valence-corrected chi connectivity index (χ0v) is 22.1. The van der Waals surface area contributed by atoms with E-state index in [0.717, 1.165) is 24.8 Å². The predicted molar refractivity (Wildman–Crippen MR) is 139 cm³/mol. The summed E-state index contributed by atoms with van der Waals surface area (Å²) in [5, 5.41) is 3.65. The Morgan fingerprint density at radius 3 is 2.46 bits per heavy atom. The molecule has 2 aromatic rings. The number of hydrogen-bond acceptors (Lipinski definition) is 4. The van der Waals surface area contributed by atoms with Crippen LogP contribution < -0.4 is 14.8 Å². The lowest BCUT2D eigenvalue weighted by Gasteiger charge is -2.35. The highest BCUT2D eigenvalue weighted by Gasteiger charge is 2.34. The molecule has 6 nitrogen and oxygen atoms in total. The minimum Gasteiger partial charge on any atom is -0.493 e. The van der Waals surface area contributed by atoms with E-state index in [-0.39, 0.29) is 30.3 Å². The maximum absolute atomic E-state index is 13.7. The molecule has 0 heterocycles. The van der Waals surface area contributed by atoms with Crippen LogP contribution >= 0.6 is 23.2 Å². The highest BCUT2D eigenvalue weighted by molar-refractivity contribution is 6.31. The van der Waals surface area contributed by atoms with Crippen molar-refractivity contribution < 1.29 is 19.1 Å². The normalized spacial score (nSPS) is 18.4. The van der Waals surface area contributed by atoms with Crippen molar-refractivity contribution in [1.29, 1.82) is 0 Å². The van der Waals surface area contributed by atoms with E-state index in [4.69, 9.17) is 32.7 Å². The Labute approximate surface area is 217 Å². The molecule has 1 N–H and O–H groups in total. The largest absolute Gasteiger partial charge is 0.493 e. The molecule has 2 amide bonds. The number of benzene rings is 2. The first-order valence-electron chi connectivity index (χ1n) is 12.0. The Morgan fingerprint density at radius 2 is 1.80 bits per heavy atom. The third-order valence-electron chi connectivity index (χ3n) is 6.72. The molecule has 1 saturated carbocycles. The number of alkyl halides is 1. The molecule has 2 aromatic carbocycles. The molecule has 3 rings (SSSR count). The van der Waals surface area contributed by atoms with Crippen LogP contribution in [0.2, 0.25) is 5.02 Å². The summed E-state index contributed by atoms with van der Waals surface area (Å²) in [6.07, 6.45) is 4.75. The lowest BCUT2D eigenvalue weighted by atomic mass is 9.85. The van der Waals surface area contributed by atoms with E-state index in [1.807, 2.05) is 24.3 Å². The lowest BCUT2D eigenvalue weighted by Crippen LogP contribution is -2.49. The van der Waals surface area contributed by atoms with Crippen molar-refractivity contribution >= 4 is 35.0 Å². The Morgan fingerprint density at radius 1 is 1.09 bits per heavy atom. The molecule has 0 unspecified atom stereocenters. The van der Waals surface area contributed by atoms with Crippen LogP contribution in [0.3, 0.4) is 0 Å². The van der Waals surface area contributed by atoms with E-state index in [1.54, 1.807) is 32.4 Å². The molecular formula is C27H34Cl2N2O4. The van der Waals surface area contributed by atoms with Gasteiger partial charge >= 0.3 is 0 Å². The van der Waals surface area contributed by atoms with Crippen molar-refractivity contribution in [3.05, 3.63) is 58.6 Å². The van der Waals surface area contributed by atoms with Gasteiger partial charge in [-0.1, -0.05) is 55.6 Å². The van der Waals surface area contributed by atoms with Gasteiger partial charge in [-0.25, -0.2) is 0 Å². The molecule has 3 atom stereocenters. The summed E-state index contributed by atoms with van der Waals surface area (Å²) >= 11 is 12.5. The third kappa shape index (κ3) is 6.83. The summed E-state index contributed by atoms with van der Waals surface area (Å²) in [6.45, 7) is 2.44. The van der Waals surface area contributed by atoms with E-state index < -0.39 is 6.04 Å². The van der Waals surface area contributed by atoms with Gasteiger partial charge in [0.2, 0.25) is 11.8 Å². The smallest absolute Gasteiger partial charge is 0.247 e. The predicted octanol–water partition coefficient (Wildman–Crippen LogP) is 5.40. The number of carbonyl (C=O) groups excluding carboxylic acids is 2. The van der Waals surface area contributed by atoms with Crippen molar-refractivity contribution in [2.75, 3.05) is 26.6 Å². The van der Waals surface area contributed by atoms with Gasteiger partial charge in [-0.2, -0.15) is 0 Å². The highest BCUT2D eigenvalue weighted by Crippen LogP contribution is 2.32. The molecule has 0 spiro atoms. The van der Waals surface area contributed by atoms with Crippen LogP contribution in [0.15, 0.2) is 42.5 Å². The Kier molecular flexibility index (Phi) is 10.1. The molecule has 35 heavy (non-hydrogen) atoms. The molecule has 190 valence electrons. The van der Waals surface area contributed by atoms with Gasteiger partial charge in [0.25, 0.3) is 0 Å². The topological polar surface area (TPSA) is 67.9 Å².